The maximum atomic E-state index is 4.97. The highest BCUT2D eigenvalue weighted by Gasteiger charge is 2.24. The molecule has 0 bridgehead atoms. The molecule has 0 saturated heterocycles. The first-order valence-electron chi connectivity index (χ1n) is 11.3. The molecule has 2 aliphatic rings. The number of hydrogen-bond donors (Lipinski definition) is 2. The van der Waals surface area contributed by atoms with Crippen molar-refractivity contribution in [3.05, 3.63) is 48.0 Å². The Morgan fingerprint density at radius 1 is 1.03 bits per heavy atom. The van der Waals surface area contributed by atoms with Gasteiger partial charge in [-0.25, -0.2) is 9.97 Å². The second-order valence-electron chi connectivity index (χ2n) is 8.96. The average Bonchev–Trinajstić information content (AvgIpc) is 3.13. The summed E-state index contributed by atoms with van der Waals surface area (Å²) in [6.45, 7) is 4.18. The van der Waals surface area contributed by atoms with Gasteiger partial charge in [-0.2, -0.15) is 4.98 Å². The summed E-state index contributed by atoms with van der Waals surface area (Å²) in [5.41, 5.74) is 4.56. The summed E-state index contributed by atoms with van der Waals surface area (Å²) in [6.07, 6.45) is 11.7. The van der Waals surface area contributed by atoms with Gasteiger partial charge in [0.15, 0.2) is 0 Å². The zero-order chi connectivity index (χ0) is 20.8. The van der Waals surface area contributed by atoms with Crippen molar-refractivity contribution in [3.8, 4) is 0 Å². The standard InChI is InChI=1S/C24H27N7/c1-15-2-5-17(6-3-15)31-21-14-26-11-9-18(21)19-12-27-24(30-23(19)31)29-22-7-4-16-8-10-25-13-20(16)28-22/h4,7,9,11-12,14-15,17,25H,2-3,5-6,8,10,13H2,1H3,(H,27,28,29,30)/t15-,17-. The molecule has 2 N–H and O–H groups in total. The molecule has 0 atom stereocenters. The van der Waals surface area contributed by atoms with Crippen LogP contribution in [0.4, 0.5) is 11.8 Å². The quantitative estimate of drug-likeness (QED) is 0.514. The maximum absolute atomic E-state index is 4.97. The zero-order valence-electron chi connectivity index (χ0n) is 17.8. The monoisotopic (exact) mass is 413 g/mol. The van der Waals surface area contributed by atoms with Gasteiger partial charge < -0.3 is 15.2 Å². The molecule has 158 valence electrons. The third-order valence-electron chi connectivity index (χ3n) is 6.87. The molecule has 1 fully saturated rings. The van der Waals surface area contributed by atoms with E-state index in [4.69, 9.17) is 9.97 Å². The molecule has 1 aliphatic carbocycles. The van der Waals surface area contributed by atoms with Crippen molar-refractivity contribution in [2.45, 2.75) is 51.6 Å². The van der Waals surface area contributed by atoms with Gasteiger partial charge in [-0.1, -0.05) is 13.0 Å². The number of aromatic nitrogens is 5. The van der Waals surface area contributed by atoms with Crippen LogP contribution in [0.25, 0.3) is 21.9 Å². The van der Waals surface area contributed by atoms with Gasteiger partial charge in [0.05, 0.1) is 17.4 Å². The number of anilines is 2. The van der Waals surface area contributed by atoms with Crippen LogP contribution in [-0.4, -0.2) is 31.0 Å². The highest BCUT2D eigenvalue weighted by molar-refractivity contribution is 6.06. The molecule has 7 heteroatoms. The first-order valence-corrected chi connectivity index (χ1v) is 11.3. The third kappa shape index (κ3) is 3.33. The summed E-state index contributed by atoms with van der Waals surface area (Å²) in [5.74, 6) is 2.18. The predicted molar refractivity (Wildman–Crippen MR) is 122 cm³/mol. The highest BCUT2D eigenvalue weighted by Crippen LogP contribution is 2.38. The lowest BCUT2D eigenvalue weighted by Crippen LogP contribution is -2.24. The van der Waals surface area contributed by atoms with Gasteiger partial charge in [-0.3, -0.25) is 4.98 Å². The van der Waals surface area contributed by atoms with Crippen LogP contribution in [0.5, 0.6) is 0 Å². The lowest BCUT2D eigenvalue weighted by molar-refractivity contribution is 0.298. The molecule has 0 unspecified atom stereocenters. The van der Waals surface area contributed by atoms with E-state index in [1.54, 1.807) is 0 Å². The van der Waals surface area contributed by atoms with Gasteiger partial charge in [-0.15, -0.1) is 0 Å². The fourth-order valence-corrected chi connectivity index (χ4v) is 5.12. The van der Waals surface area contributed by atoms with E-state index in [-0.39, 0.29) is 0 Å². The van der Waals surface area contributed by atoms with E-state index in [0.29, 0.717) is 12.0 Å². The SMILES string of the molecule is C[C@H]1CC[C@H](n2c3cnccc3c3cnc(Nc4ccc5c(n4)CNCC5)nc32)CC1. The Hall–Kier alpha value is -3.06. The second-order valence-corrected chi connectivity index (χ2v) is 8.96. The van der Waals surface area contributed by atoms with Crippen molar-refractivity contribution in [2.75, 3.05) is 11.9 Å². The van der Waals surface area contributed by atoms with Crippen LogP contribution in [0, 0.1) is 5.92 Å². The minimum absolute atomic E-state index is 0.455. The van der Waals surface area contributed by atoms with Gasteiger partial charge >= 0.3 is 0 Å². The molecular weight excluding hydrogens is 386 g/mol. The molecule has 1 saturated carbocycles. The van der Waals surface area contributed by atoms with Gasteiger partial charge in [0.1, 0.15) is 11.5 Å². The van der Waals surface area contributed by atoms with Gasteiger partial charge in [0, 0.05) is 35.8 Å². The predicted octanol–water partition coefficient (Wildman–Crippen LogP) is 4.52. The van der Waals surface area contributed by atoms with Gasteiger partial charge in [0.25, 0.3) is 0 Å². The summed E-state index contributed by atoms with van der Waals surface area (Å²) in [7, 11) is 0. The lowest BCUT2D eigenvalue weighted by Gasteiger charge is -2.28. The summed E-state index contributed by atoms with van der Waals surface area (Å²) >= 11 is 0. The molecule has 0 aromatic carbocycles. The molecule has 4 aromatic rings. The topological polar surface area (TPSA) is 80.5 Å². The molecule has 31 heavy (non-hydrogen) atoms. The van der Waals surface area contributed by atoms with Crippen LogP contribution in [-0.2, 0) is 13.0 Å². The smallest absolute Gasteiger partial charge is 0.230 e. The first-order chi connectivity index (χ1) is 15.3. The summed E-state index contributed by atoms with van der Waals surface area (Å²) in [5, 5.41) is 8.99. The molecule has 7 nitrogen and oxygen atoms in total. The summed E-state index contributed by atoms with van der Waals surface area (Å²) < 4.78 is 2.40. The van der Waals surface area contributed by atoms with Crippen LogP contribution in [0.3, 0.4) is 0 Å². The molecular formula is C24H27N7. The third-order valence-corrected chi connectivity index (χ3v) is 6.87. The van der Waals surface area contributed by atoms with E-state index in [0.717, 1.165) is 53.5 Å². The van der Waals surface area contributed by atoms with Crippen molar-refractivity contribution in [1.29, 1.82) is 0 Å². The number of nitrogens with one attached hydrogen (secondary N) is 2. The largest absolute Gasteiger partial charge is 0.321 e. The Bertz CT molecular complexity index is 1250. The second kappa shape index (κ2) is 7.57. The number of fused-ring (bicyclic) bond motifs is 4. The van der Waals surface area contributed by atoms with Crippen molar-refractivity contribution in [1.82, 2.24) is 29.8 Å². The average molecular weight is 414 g/mol. The van der Waals surface area contributed by atoms with E-state index in [1.165, 1.54) is 36.6 Å². The van der Waals surface area contributed by atoms with Crippen molar-refractivity contribution in [3.63, 3.8) is 0 Å². The first kappa shape index (κ1) is 18.7. The molecule has 4 aromatic heterocycles. The van der Waals surface area contributed by atoms with Gasteiger partial charge in [-0.05, 0) is 62.3 Å². The molecule has 0 radical (unpaired) electrons. The Labute approximate surface area is 181 Å². The fourth-order valence-electron chi connectivity index (χ4n) is 5.12. The number of hydrogen-bond acceptors (Lipinski definition) is 6. The Balaban J connectivity index is 1.41. The maximum Gasteiger partial charge on any atom is 0.230 e. The molecule has 6 rings (SSSR count). The molecule has 0 amide bonds. The lowest BCUT2D eigenvalue weighted by atomic mass is 9.87. The number of pyridine rings is 2. The zero-order valence-corrected chi connectivity index (χ0v) is 17.8. The number of nitrogens with zero attached hydrogens (tertiary/aromatic N) is 5. The fraction of sp³-hybridized carbons (Fsp3) is 0.417. The molecule has 1 aliphatic heterocycles. The number of rotatable bonds is 3. The Morgan fingerprint density at radius 3 is 2.84 bits per heavy atom. The highest BCUT2D eigenvalue weighted by atomic mass is 15.2. The van der Waals surface area contributed by atoms with Crippen LogP contribution < -0.4 is 10.6 Å². The van der Waals surface area contributed by atoms with E-state index < -0.39 is 0 Å². The Kier molecular flexibility index (Phi) is 4.56. The van der Waals surface area contributed by atoms with E-state index >= 15 is 0 Å². The van der Waals surface area contributed by atoms with E-state index in [1.807, 2.05) is 24.7 Å². The minimum Gasteiger partial charge on any atom is -0.321 e. The Morgan fingerprint density at radius 2 is 1.94 bits per heavy atom. The minimum atomic E-state index is 0.455. The van der Waals surface area contributed by atoms with Crippen molar-refractivity contribution >= 4 is 33.7 Å². The van der Waals surface area contributed by atoms with Crippen molar-refractivity contribution < 1.29 is 0 Å². The van der Waals surface area contributed by atoms with Crippen LogP contribution in [0.15, 0.2) is 36.8 Å². The molecule has 5 heterocycles. The summed E-state index contributed by atoms with van der Waals surface area (Å²) in [6, 6.07) is 6.72. The van der Waals surface area contributed by atoms with Gasteiger partial charge in [0.2, 0.25) is 5.95 Å². The summed E-state index contributed by atoms with van der Waals surface area (Å²) in [4.78, 5) is 18.8. The van der Waals surface area contributed by atoms with Crippen LogP contribution >= 0.6 is 0 Å². The van der Waals surface area contributed by atoms with E-state index in [9.17, 15) is 0 Å². The van der Waals surface area contributed by atoms with E-state index in [2.05, 4.69) is 44.2 Å². The van der Waals surface area contributed by atoms with Crippen LogP contribution in [0.2, 0.25) is 0 Å². The van der Waals surface area contributed by atoms with Crippen molar-refractivity contribution in [2.24, 2.45) is 5.92 Å². The molecule has 0 spiro atoms. The van der Waals surface area contributed by atoms with Crippen LogP contribution in [0.1, 0.15) is 49.9 Å². The normalized spacial score (nSPS) is 21.3.